The minimum atomic E-state index is 0.787. The molecule has 1 rings (SSSR count). The third-order valence-corrected chi connectivity index (χ3v) is 1.69. The minimum absolute atomic E-state index is 0.787. The molecule has 1 aromatic rings. The SMILES string of the molecule is CC#CCNCCCn1cccn1. The molecule has 0 radical (unpaired) electrons. The number of aromatic nitrogens is 2. The van der Waals surface area contributed by atoms with Gasteiger partial charge in [-0.2, -0.15) is 5.10 Å². The summed E-state index contributed by atoms with van der Waals surface area (Å²) < 4.78 is 1.94. The first-order valence-electron chi connectivity index (χ1n) is 4.51. The highest BCUT2D eigenvalue weighted by molar-refractivity contribution is 4.96. The van der Waals surface area contributed by atoms with E-state index in [1.165, 1.54) is 0 Å². The maximum Gasteiger partial charge on any atom is 0.0576 e. The molecule has 3 heteroatoms. The minimum Gasteiger partial charge on any atom is -0.306 e. The summed E-state index contributed by atoms with van der Waals surface area (Å²) >= 11 is 0. The molecule has 13 heavy (non-hydrogen) atoms. The Bertz CT molecular complexity index is 266. The van der Waals surface area contributed by atoms with Crippen molar-refractivity contribution in [2.45, 2.75) is 19.9 Å². The van der Waals surface area contributed by atoms with E-state index in [0.29, 0.717) is 0 Å². The van der Waals surface area contributed by atoms with Crippen LogP contribution in [0.4, 0.5) is 0 Å². The molecule has 0 aromatic carbocycles. The Balaban J connectivity index is 1.98. The lowest BCUT2D eigenvalue weighted by Gasteiger charge is -2.01. The maximum atomic E-state index is 4.11. The van der Waals surface area contributed by atoms with Gasteiger partial charge >= 0.3 is 0 Å². The fourth-order valence-electron chi connectivity index (χ4n) is 1.04. The first kappa shape index (κ1) is 9.82. The molecule has 70 valence electrons. The molecular formula is C10H15N3. The van der Waals surface area contributed by atoms with Crippen LogP contribution in [0.2, 0.25) is 0 Å². The second-order valence-corrected chi connectivity index (χ2v) is 2.73. The lowest BCUT2D eigenvalue weighted by molar-refractivity contribution is 0.556. The lowest BCUT2D eigenvalue weighted by Crippen LogP contribution is -2.17. The molecule has 0 saturated heterocycles. The van der Waals surface area contributed by atoms with Crippen molar-refractivity contribution in [3.8, 4) is 11.8 Å². The van der Waals surface area contributed by atoms with E-state index < -0.39 is 0 Å². The highest BCUT2D eigenvalue weighted by Crippen LogP contribution is 1.87. The van der Waals surface area contributed by atoms with Crippen molar-refractivity contribution in [3.63, 3.8) is 0 Å². The Morgan fingerprint density at radius 1 is 1.54 bits per heavy atom. The molecule has 3 nitrogen and oxygen atoms in total. The molecule has 0 atom stereocenters. The third kappa shape index (κ3) is 4.34. The average molecular weight is 177 g/mol. The van der Waals surface area contributed by atoms with E-state index in [0.717, 1.165) is 26.1 Å². The predicted octanol–water partition coefficient (Wildman–Crippen LogP) is 0.886. The van der Waals surface area contributed by atoms with E-state index in [1.807, 2.05) is 23.9 Å². The van der Waals surface area contributed by atoms with E-state index in [-0.39, 0.29) is 0 Å². The Labute approximate surface area is 79.1 Å². The number of nitrogens with one attached hydrogen (secondary N) is 1. The molecule has 0 saturated carbocycles. The standard InChI is InChI=1S/C10H15N3/c1-2-3-6-11-7-4-9-13-10-5-8-12-13/h5,8,10-11H,4,6-7,9H2,1H3. The summed E-state index contributed by atoms with van der Waals surface area (Å²) in [6.07, 6.45) is 4.87. The van der Waals surface area contributed by atoms with Gasteiger partial charge in [0.25, 0.3) is 0 Å². The van der Waals surface area contributed by atoms with E-state index in [9.17, 15) is 0 Å². The smallest absolute Gasteiger partial charge is 0.0576 e. The fourth-order valence-corrected chi connectivity index (χ4v) is 1.04. The first-order valence-corrected chi connectivity index (χ1v) is 4.51. The Morgan fingerprint density at radius 3 is 3.15 bits per heavy atom. The zero-order valence-electron chi connectivity index (χ0n) is 7.95. The molecule has 0 bridgehead atoms. The van der Waals surface area contributed by atoms with E-state index in [2.05, 4.69) is 22.3 Å². The molecule has 0 aliphatic carbocycles. The second kappa shape index (κ2) is 6.27. The molecule has 1 N–H and O–H groups in total. The van der Waals surface area contributed by atoms with Crippen LogP contribution in [0, 0.1) is 11.8 Å². The van der Waals surface area contributed by atoms with E-state index in [4.69, 9.17) is 0 Å². The monoisotopic (exact) mass is 177 g/mol. The Kier molecular flexibility index (Phi) is 4.73. The van der Waals surface area contributed by atoms with Crippen molar-refractivity contribution in [1.29, 1.82) is 0 Å². The van der Waals surface area contributed by atoms with Gasteiger partial charge in [0.2, 0.25) is 0 Å². The van der Waals surface area contributed by atoms with Crippen molar-refractivity contribution in [1.82, 2.24) is 15.1 Å². The third-order valence-electron chi connectivity index (χ3n) is 1.69. The molecule has 0 aliphatic rings. The summed E-state index contributed by atoms with van der Waals surface area (Å²) in [5.74, 6) is 5.80. The highest BCUT2D eigenvalue weighted by atomic mass is 15.3. The summed E-state index contributed by atoms with van der Waals surface area (Å²) in [5.41, 5.74) is 0. The number of nitrogens with zero attached hydrogens (tertiary/aromatic N) is 2. The first-order chi connectivity index (χ1) is 6.43. The van der Waals surface area contributed by atoms with Crippen molar-refractivity contribution in [2.75, 3.05) is 13.1 Å². The van der Waals surface area contributed by atoms with Gasteiger partial charge in [0.05, 0.1) is 6.54 Å². The summed E-state index contributed by atoms with van der Waals surface area (Å²) in [6.45, 7) is 4.61. The molecule has 1 heterocycles. The van der Waals surface area contributed by atoms with E-state index in [1.54, 1.807) is 6.20 Å². The van der Waals surface area contributed by atoms with Crippen LogP contribution in [0.3, 0.4) is 0 Å². The van der Waals surface area contributed by atoms with Crippen LogP contribution >= 0.6 is 0 Å². The normalized spacial score (nSPS) is 9.31. The summed E-state index contributed by atoms with van der Waals surface area (Å²) in [5, 5.41) is 7.35. The summed E-state index contributed by atoms with van der Waals surface area (Å²) in [4.78, 5) is 0. The number of rotatable bonds is 5. The fraction of sp³-hybridized carbons (Fsp3) is 0.500. The van der Waals surface area contributed by atoms with Crippen molar-refractivity contribution < 1.29 is 0 Å². The van der Waals surface area contributed by atoms with E-state index >= 15 is 0 Å². The van der Waals surface area contributed by atoms with Crippen molar-refractivity contribution >= 4 is 0 Å². The van der Waals surface area contributed by atoms with Crippen LogP contribution < -0.4 is 5.32 Å². The largest absolute Gasteiger partial charge is 0.306 e. The van der Waals surface area contributed by atoms with Gasteiger partial charge in [-0.25, -0.2) is 0 Å². The Morgan fingerprint density at radius 2 is 2.46 bits per heavy atom. The molecule has 1 aromatic heterocycles. The molecular weight excluding hydrogens is 162 g/mol. The van der Waals surface area contributed by atoms with Gasteiger partial charge in [0, 0.05) is 18.9 Å². The molecule has 0 unspecified atom stereocenters. The number of aryl methyl sites for hydroxylation is 1. The van der Waals surface area contributed by atoms with Crippen LogP contribution in [0.5, 0.6) is 0 Å². The topological polar surface area (TPSA) is 29.9 Å². The number of hydrogen-bond acceptors (Lipinski definition) is 2. The molecule has 0 fully saturated rings. The zero-order valence-corrected chi connectivity index (χ0v) is 7.95. The van der Waals surface area contributed by atoms with Gasteiger partial charge in [0.15, 0.2) is 0 Å². The second-order valence-electron chi connectivity index (χ2n) is 2.73. The summed E-state index contributed by atoms with van der Waals surface area (Å²) in [6, 6.07) is 1.94. The predicted molar refractivity (Wildman–Crippen MR) is 53.2 cm³/mol. The lowest BCUT2D eigenvalue weighted by atomic mass is 10.4. The van der Waals surface area contributed by atoms with Crippen LogP contribution in [0.25, 0.3) is 0 Å². The van der Waals surface area contributed by atoms with Crippen LogP contribution in [-0.4, -0.2) is 22.9 Å². The van der Waals surface area contributed by atoms with Gasteiger partial charge in [-0.05, 0) is 26.0 Å². The van der Waals surface area contributed by atoms with Gasteiger partial charge < -0.3 is 5.32 Å². The zero-order chi connectivity index (χ0) is 9.36. The highest BCUT2D eigenvalue weighted by Gasteiger charge is 1.89. The quantitative estimate of drug-likeness (QED) is 0.534. The van der Waals surface area contributed by atoms with Gasteiger partial charge in [0.1, 0.15) is 0 Å². The van der Waals surface area contributed by atoms with Crippen molar-refractivity contribution in [2.24, 2.45) is 0 Å². The molecule has 0 spiro atoms. The van der Waals surface area contributed by atoms with Crippen molar-refractivity contribution in [3.05, 3.63) is 18.5 Å². The van der Waals surface area contributed by atoms with Gasteiger partial charge in [-0.3, -0.25) is 4.68 Å². The van der Waals surface area contributed by atoms with Crippen LogP contribution in [-0.2, 0) is 6.54 Å². The Hall–Kier alpha value is -1.27. The maximum absolute atomic E-state index is 4.11. The average Bonchev–Trinajstić information content (AvgIpc) is 2.63. The number of hydrogen-bond donors (Lipinski definition) is 1. The molecule has 0 amide bonds. The van der Waals surface area contributed by atoms with Crippen LogP contribution in [0.1, 0.15) is 13.3 Å². The van der Waals surface area contributed by atoms with Gasteiger partial charge in [-0.1, -0.05) is 5.92 Å². The van der Waals surface area contributed by atoms with Crippen LogP contribution in [0.15, 0.2) is 18.5 Å². The molecule has 0 aliphatic heterocycles. The summed E-state index contributed by atoms with van der Waals surface area (Å²) in [7, 11) is 0. The van der Waals surface area contributed by atoms with Gasteiger partial charge in [-0.15, -0.1) is 5.92 Å².